The minimum atomic E-state index is -0.814. The predicted molar refractivity (Wildman–Crippen MR) is 90.7 cm³/mol. The topological polar surface area (TPSA) is 80.8 Å². The highest BCUT2D eigenvalue weighted by Gasteiger charge is 2.40. The van der Waals surface area contributed by atoms with E-state index in [1.165, 1.54) is 12.4 Å². The number of aliphatic imine (C=N–C) groups is 2. The Kier molecular flexibility index (Phi) is 3.69. The number of anilines is 1. The molecule has 0 radical (unpaired) electrons. The molecule has 1 N–H and O–H groups in total. The number of halogens is 2. The van der Waals surface area contributed by atoms with Gasteiger partial charge in [0.1, 0.15) is 17.5 Å². The summed E-state index contributed by atoms with van der Waals surface area (Å²) in [6.07, 6.45) is 0.806. The van der Waals surface area contributed by atoms with Crippen molar-refractivity contribution in [2.45, 2.75) is 12.2 Å². The molecule has 8 heteroatoms. The standard InChI is InChI=1S/C18H11F2N5O/c19-11-3-6-13(14(20)7-11)16-23-17-15(18(26)24-16)22-9-25(17)12-4-1-10(8-21)2-5-12/h1-7,9,15,17H,(H,23,24,26). The predicted octanol–water partition coefficient (Wildman–Crippen LogP) is 1.96. The van der Waals surface area contributed by atoms with Crippen molar-refractivity contribution in [1.29, 1.82) is 5.26 Å². The molecule has 0 saturated carbocycles. The van der Waals surface area contributed by atoms with Gasteiger partial charge < -0.3 is 10.2 Å². The van der Waals surface area contributed by atoms with Crippen LogP contribution in [0.3, 0.4) is 0 Å². The SMILES string of the molecule is N#Cc1ccc(N2C=NC3C(=O)NC(c4ccc(F)cc4F)=NC32)cc1. The molecule has 0 fully saturated rings. The van der Waals surface area contributed by atoms with Gasteiger partial charge in [0.25, 0.3) is 5.91 Å². The monoisotopic (exact) mass is 351 g/mol. The zero-order chi connectivity index (χ0) is 18.3. The summed E-state index contributed by atoms with van der Waals surface area (Å²) in [4.78, 5) is 22.6. The molecule has 2 aliphatic rings. The van der Waals surface area contributed by atoms with Gasteiger partial charge in [0.15, 0.2) is 12.2 Å². The fourth-order valence-corrected chi connectivity index (χ4v) is 2.88. The number of nitrogens with zero attached hydrogens (tertiary/aromatic N) is 4. The molecule has 2 aromatic carbocycles. The van der Waals surface area contributed by atoms with Gasteiger partial charge in [0.05, 0.1) is 23.5 Å². The lowest BCUT2D eigenvalue weighted by Crippen LogP contribution is -2.51. The maximum absolute atomic E-state index is 14.1. The van der Waals surface area contributed by atoms with Crippen LogP contribution in [0.1, 0.15) is 11.1 Å². The van der Waals surface area contributed by atoms with Gasteiger partial charge in [0, 0.05) is 11.8 Å². The Hall–Kier alpha value is -3.60. The van der Waals surface area contributed by atoms with Gasteiger partial charge in [-0.3, -0.25) is 9.79 Å². The van der Waals surface area contributed by atoms with Gasteiger partial charge in [-0.15, -0.1) is 0 Å². The normalized spacial score (nSPS) is 21.0. The van der Waals surface area contributed by atoms with Gasteiger partial charge in [0.2, 0.25) is 0 Å². The summed E-state index contributed by atoms with van der Waals surface area (Å²) >= 11 is 0. The van der Waals surface area contributed by atoms with Crippen molar-refractivity contribution in [3.8, 4) is 6.07 Å². The number of fused-ring (bicyclic) bond motifs is 1. The van der Waals surface area contributed by atoms with E-state index in [2.05, 4.69) is 15.3 Å². The molecule has 4 rings (SSSR count). The van der Waals surface area contributed by atoms with Crippen LogP contribution in [-0.2, 0) is 4.79 Å². The molecule has 0 bridgehead atoms. The highest BCUT2D eigenvalue weighted by Crippen LogP contribution is 2.27. The Morgan fingerprint density at radius 1 is 1.15 bits per heavy atom. The molecule has 2 aliphatic heterocycles. The molecule has 0 aliphatic carbocycles. The van der Waals surface area contributed by atoms with E-state index in [0.717, 1.165) is 12.1 Å². The quantitative estimate of drug-likeness (QED) is 0.898. The number of nitrogens with one attached hydrogen (secondary N) is 1. The van der Waals surface area contributed by atoms with Crippen molar-refractivity contribution in [1.82, 2.24) is 5.32 Å². The third kappa shape index (κ3) is 2.59. The molecule has 0 saturated heterocycles. The summed E-state index contributed by atoms with van der Waals surface area (Å²) in [5, 5.41) is 11.4. The van der Waals surface area contributed by atoms with Crippen LogP contribution in [0.25, 0.3) is 0 Å². The Morgan fingerprint density at radius 2 is 1.92 bits per heavy atom. The van der Waals surface area contributed by atoms with Crippen LogP contribution in [0.5, 0.6) is 0 Å². The van der Waals surface area contributed by atoms with Crippen LogP contribution in [0.4, 0.5) is 14.5 Å². The fourth-order valence-electron chi connectivity index (χ4n) is 2.88. The molecule has 26 heavy (non-hydrogen) atoms. The van der Waals surface area contributed by atoms with E-state index in [1.807, 2.05) is 6.07 Å². The van der Waals surface area contributed by atoms with E-state index in [4.69, 9.17) is 5.26 Å². The van der Waals surface area contributed by atoms with Crippen molar-refractivity contribution in [3.05, 3.63) is 65.2 Å². The number of carbonyl (C=O) groups is 1. The van der Waals surface area contributed by atoms with Crippen molar-refractivity contribution in [3.63, 3.8) is 0 Å². The third-order valence-electron chi connectivity index (χ3n) is 4.17. The lowest BCUT2D eigenvalue weighted by atomic mass is 10.1. The summed E-state index contributed by atoms with van der Waals surface area (Å²) < 4.78 is 27.2. The number of amides is 1. The Bertz CT molecular complexity index is 994. The first-order valence-corrected chi connectivity index (χ1v) is 7.73. The van der Waals surface area contributed by atoms with E-state index < -0.39 is 29.7 Å². The minimum Gasteiger partial charge on any atom is -0.308 e. The number of hydrogen-bond donors (Lipinski definition) is 1. The second-order valence-corrected chi connectivity index (χ2v) is 5.78. The fraction of sp³-hybridized carbons (Fsp3) is 0.111. The molecular formula is C18H11F2N5O. The molecule has 1 amide bonds. The van der Waals surface area contributed by atoms with Gasteiger partial charge in [-0.1, -0.05) is 0 Å². The van der Waals surface area contributed by atoms with Crippen LogP contribution < -0.4 is 10.2 Å². The highest BCUT2D eigenvalue weighted by molar-refractivity contribution is 6.12. The Morgan fingerprint density at radius 3 is 2.62 bits per heavy atom. The summed E-state index contributed by atoms with van der Waals surface area (Å²) in [6, 6.07) is 11.0. The number of nitriles is 1. The maximum Gasteiger partial charge on any atom is 0.254 e. The van der Waals surface area contributed by atoms with Crippen LogP contribution >= 0.6 is 0 Å². The molecule has 6 nitrogen and oxygen atoms in total. The average molecular weight is 351 g/mol. The molecule has 128 valence electrons. The van der Waals surface area contributed by atoms with Crippen molar-refractivity contribution in [2.75, 3.05) is 4.90 Å². The summed E-state index contributed by atoms with van der Waals surface area (Å²) in [6.45, 7) is 0. The number of carbonyl (C=O) groups excluding carboxylic acids is 1. The lowest BCUT2D eigenvalue weighted by molar-refractivity contribution is -0.121. The van der Waals surface area contributed by atoms with E-state index in [1.54, 1.807) is 29.2 Å². The number of benzene rings is 2. The second kappa shape index (κ2) is 6.04. The van der Waals surface area contributed by atoms with Gasteiger partial charge in [-0.2, -0.15) is 5.26 Å². The van der Waals surface area contributed by atoms with Crippen molar-refractivity contribution < 1.29 is 13.6 Å². The first-order chi connectivity index (χ1) is 12.6. The summed E-state index contributed by atoms with van der Waals surface area (Å²) in [7, 11) is 0. The maximum atomic E-state index is 14.1. The molecule has 2 heterocycles. The lowest BCUT2D eigenvalue weighted by Gasteiger charge is -2.29. The highest BCUT2D eigenvalue weighted by atomic mass is 19.1. The third-order valence-corrected chi connectivity index (χ3v) is 4.17. The Balaban J connectivity index is 1.72. The molecular weight excluding hydrogens is 340 g/mol. The van der Waals surface area contributed by atoms with Crippen LogP contribution in [0.2, 0.25) is 0 Å². The second-order valence-electron chi connectivity index (χ2n) is 5.78. The molecule has 0 aromatic heterocycles. The molecule has 2 atom stereocenters. The number of amidine groups is 1. The number of rotatable bonds is 2. The van der Waals surface area contributed by atoms with Crippen molar-refractivity contribution >= 4 is 23.8 Å². The van der Waals surface area contributed by atoms with Crippen LogP contribution in [0, 0.1) is 23.0 Å². The van der Waals surface area contributed by atoms with Crippen molar-refractivity contribution in [2.24, 2.45) is 9.98 Å². The summed E-state index contributed by atoms with van der Waals surface area (Å²) in [5.41, 5.74) is 1.20. The molecule has 2 unspecified atom stereocenters. The van der Waals surface area contributed by atoms with Gasteiger partial charge in [-0.05, 0) is 36.4 Å². The van der Waals surface area contributed by atoms with Gasteiger partial charge >= 0.3 is 0 Å². The smallest absolute Gasteiger partial charge is 0.254 e. The zero-order valence-electron chi connectivity index (χ0n) is 13.2. The molecule has 0 spiro atoms. The Labute approximate surface area is 147 Å². The van der Waals surface area contributed by atoms with E-state index in [0.29, 0.717) is 11.3 Å². The van der Waals surface area contributed by atoms with E-state index in [9.17, 15) is 13.6 Å². The molecule has 2 aromatic rings. The average Bonchev–Trinajstić information content (AvgIpc) is 3.06. The van der Waals surface area contributed by atoms with E-state index >= 15 is 0 Å². The summed E-state index contributed by atoms with van der Waals surface area (Å²) in [5.74, 6) is -1.92. The van der Waals surface area contributed by atoms with Crippen LogP contribution in [-0.4, -0.2) is 30.3 Å². The van der Waals surface area contributed by atoms with Crippen LogP contribution in [0.15, 0.2) is 52.4 Å². The first-order valence-electron chi connectivity index (χ1n) is 7.73. The first kappa shape index (κ1) is 15.9. The van der Waals surface area contributed by atoms with Gasteiger partial charge in [-0.25, -0.2) is 13.8 Å². The number of hydrogen-bond acceptors (Lipinski definition) is 5. The van der Waals surface area contributed by atoms with E-state index in [-0.39, 0.29) is 11.4 Å². The zero-order valence-corrected chi connectivity index (χ0v) is 13.2. The largest absolute Gasteiger partial charge is 0.308 e. The minimum absolute atomic E-state index is 0.00452.